The van der Waals surface area contributed by atoms with Gasteiger partial charge in [-0.3, -0.25) is 0 Å². The molecule has 0 atom stereocenters. The van der Waals surface area contributed by atoms with Crippen LogP contribution < -0.4 is 5.32 Å². The molecule has 1 saturated carbocycles. The lowest BCUT2D eigenvalue weighted by Gasteiger charge is -2.28. The molecular weight excluding hydrogens is 419 g/mol. The fraction of sp³-hybridized carbons (Fsp3) is 0.480. The van der Waals surface area contributed by atoms with Crippen LogP contribution in [0.4, 0.5) is 10.3 Å². The lowest BCUT2D eigenvalue weighted by Crippen LogP contribution is -2.30. The number of aryl methyl sites for hydroxylation is 1. The molecule has 1 aromatic carbocycles. The number of H-pyrrole nitrogens is 1. The third-order valence-electron chi connectivity index (χ3n) is 6.59. The van der Waals surface area contributed by atoms with Crippen molar-refractivity contribution in [1.82, 2.24) is 24.5 Å². The van der Waals surface area contributed by atoms with Crippen LogP contribution >= 0.6 is 0 Å². The highest BCUT2D eigenvalue weighted by atomic mass is 19.1. The Morgan fingerprint density at radius 3 is 2.73 bits per heavy atom. The molecule has 174 valence electrons. The molecule has 1 aliphatic carbocycles. The number of aromatic amines is 1. The van der Waals surface area contributed by atoms with E-state index in [1.807, 2.05) is 32.3 Å². The van der Waals surface area contributed by atoms with Gasteiger partial charge in [-0.15, -0.1) is 0 Å². The Kier molecular flexibility index (Phi) is 5.78. The lowest BCUT2D eigenvalue weighted by molar-refractivity contribution is 0.0346. The van der Waals surface area contributed by atoms with Gasteiger partial charge in [-0.1, -0.05) is 0 Å². The van der Waals surface area contributed by atoms with Crippen molar-refractivity contribution in [1.29, 1.82) is 0 Å². The minimum atomic E-state index is -0.318. The number of rotatable bonds is 6. The van der Waals surface area contributed by atoms with Crippen LogP contribution in [0.5, 0.6) is 0 Å². The average molecular weight is 451 g/mol. The second kappa shape index (κ2) is 8.74. The van der Waals surface area contributed by atoms with Crippen molar-refractivity contribution in [3.05, 3.63) is 36.2 Å². The van der Waals surface area contributed by atoms with E-state index in [4.69, 9.17) is 4.74 Å². The van der Waals surface area contributed by atoms with Gasteiger partial charge in [0.25, 0.3) is 0 Å². The van der Waals surface area contributed by atoms with Gasteiger partial charge in [0.1, 0.15) is 17.0 Å². The lowest BCUT2D eigenvalue weighted by atomic mass is 9.93. The summed E-state index contributed by atoms with van der Waals surface area (Å²) in [7, 11) is 0. The normalized spacial score (nSPS) is 19.1. The number of anilines is 1. The molecule has 33 heavy (non-hydrogen) atoms. The summed E-state index contributed by atoms with van der Waals surface area (Å²) in [5.74, 6) is 1.11. The molecule has 3 heterocycles. The van der Waals surface area contributed by atoms with Gasteiger partial charge < -0.3 is 19.6 Å². The van der Waals surface area contributed by atoms with Crippen LogP contribution in [0.25, 0.3) is 33.2 Å². The molecule has 8 heteroatoms. The van der Waals surface area contributed by atoms with Gasteiger partial charge in [-0.25, -0.2) is 14.4 Å². The molecule has 0 spiro atoms. The first kappa shape index (κ1) is 21.8. The Balaban J connectivity index is 1.42. The summed E-state index contributed by atoms with van der Waals surface area (Å²) in [6.45, 7) is 8.89. The van der Waals surface area contributed by atoms with E-state index < -0.39 is 0 Å². The highest BCUT2D eigenvalue weighted by molar-refractivity contribution is 5.96. The second-order valence-electron chi connectivity index (χ2n) is 9.18. The summed E-state index contributed by atoms with van der Waals surface area (Å²) in [6.07, 6.45) is 8.27. The number of ether oxygens (including phenoxy) is 1. The number of fused-ring (bicyclic) bond motifs is 2. The number of hydrogen-bond donors (Lipinski definition) is 2. The Labute approximate surface area is 192 Å². The number of nitrogens with one attached hydrogen (secondary N) is 2. The predicted molar refractivity (Wildman–Crippen MR) is 129 cm³/mol. The molecule has 0 radical (unpaired) electrons. The molecular formula is C25H31FN6O. The van der Waals surface area contributed by atoms with Crippen LogP contribution in [0.2, 0.25) is 0 Å². The molecule has 0 aliphatic heterocycles. The minimum absolute atomic E-state index is 0.188. The third kappa shape index (κ3) is 4.08. The van der Waals surface area contributed by atoms with Crippen LogP contribution in [0.3, 0.4) is 0 Å². The molecule has 4 aromatic rings. The summed E-state index contributed by atoms with van der Waals surface area (Å²) >= 11 is 0. The Hall–Kier alpha value is -3.00. The van der Waals surface area contributed by atoms with E-state index in [-0.39, 0.29) is 11.9 Å². The first-order chi connectivity index (χ1) is 15.9. The second-order valence-corrected chi connectivity index (χ2v) is 9.18. The fourth-order valence-electron chi connectivity index (χ4n) is 5.08. The van der Waals surface area contributed by atoms with Gasteiger partial charge in [0.15, 0.2) is 5.82 Å². The molecule has 2 N–H and O–H groups in total. The molecule has 0 saturated heterocycles. The van der Waals surface area contributed by atoms with E-state index in [1.165, 1.54) is 0 Å². The van der Waals surface area contributed by atoms with E-state index in [0.29, 0.717) is 23.6 Å². The Morgan fingerprint density at radius 1 is 1.21 bits per heavy atom. The van der Waals surface area contributed by atoms with Crippen molar-refractivity contribution in [3.63, 3.8) is 0 Å². The Morgan fingerprint density at radius 2 is 2.00 bits per heavy atom. The molecule has 7 nitrogen and oxygen atoms in total. The topological polar surface area (TPSA) is 80.6 Å². The van der Waals surface area contributed by atoms with Crippen LogP contribution in [-0.4, -0.2) is 43.3 Å². The molecule has 5 rings (SSSR count). The molecule has 0 unspecified atom stereocenters. The summed E-state index contributed by atoms with van der Waals surface area (Å²) in [6, 6.07) is 4.09. The molecule has 0 bridgehead atoms. The summed E-state index contributed by atoms with van der Waals surface area (Å²) < 4.78 is 22.8. The van der Waals surface area contributed by atoms with Crippen LogP contribution in [0.15, 0.2) is 24.5 Å². The van der Waals surface area contributed by atoms with Crippen molar-refractivity contribution in [2.45, 2.75) is 71.6 Å². The highest BCUT2D eigenvalue weighted by Gasteiger charge is 2.22. The van der Waals surface area contributed by atoms with E-state index >= 15 is 0 Å². The SMILES string of the molecule is CCO[C@H]1CC[C@@H](Nc2ncc3c(-c4cc(F)c5nc(C)n(C(C)C)c5c4)c[nH]c3n2)CC1. The van der Waals surface area contributed by atoms with Gasteiger partial charge >= 0.3 is 0 Å². The van der Waals surface area contributed by atoms with E-state index in [9.17, 15) is 4.39 Å². The number of benzene rings is 1. The largest absolute Gasteiger partial charge is 0.379 e. The maximum absolute atomic E-state index is 15.0. The number of hydrogen-bond acceptors (Lipinski definition) is 5. The van der Waals surface area contributed by atoms with Gasteiger partial charge in [0, 0.05) is 42.0 Å². The standard InChI is InChI=1S/C25H31FN6O/c1-5-33-18-8-6-17(7-9-18)30-25-28-13-20-19(12-27-24(20)31-25)16-10-21(26)23-22(11-16)32(14(2)3)15(4)29-23/h10-14,17-18H,5-9H2,1-4H3,(H2,27,28,30,31)/t17-,18+. The van der Waals surface area contributed by atoms with Crippen molar-refractivity contribution < 1.29 is 9.13 Å². The summed E-state index contributed by atoms with van der Waals surface area (Å²) in [4.78, 5) is 16.9. The first-order valence-electron chi connectivity index (χ1n) is 11.8. The maximum Gasteiger partial charge on any atom is 0.224 e. The van der Waals surface area contributed by atoms with Gasteiger partial charge in [0.05, 0.1) is 11.6 Å². The van der Waals surface area contributed by atoms with E-state index in [2.05, 4.69) is 43.7 Å². The summed E-state index contributed by atoms with van der Waals surface area (Å²) in [5, 5.41) is 4.34. The number of halogens is 1. The average Bonchev–Trinajstić information content (AvgIpc) is 3.35. The Bertz CT molecular complexity index is 1290. The number of aromatic nitrogens is 5. The van der Waals surface area contributed by atoms with Crippen LogP contribution in [-0.2, 0) is 4.74 Å². The van der Waals surface area contributed by atoms with Crippen LogP contribution in [0, 0.1) is 12.7 Å². The third-order valence-corrected chi connectivity index (χ3v) is 6.59. The number of imidazole rings is 1. The smallest absolute Gasteiger partial charge is 0.224 e. The molecule has 3 aromatic heterocycles. The predicted octanol–water partition coefficient (Wildman–Crippen LogP) is 5.76. The quantitative estimate of drug-likeness (QED) is 0.390. The molecule has 1 aliphatic rings. The number of nitrogens with zero attached hydrogens (tertiary/aromatic N) is 4. The minimum Gasteiger partial charge on any atom is -0.379 e. The van der Waals surface area contributed by atoms with Gasteiger partial charge in [-0.05, 0) is 71.1 Å². The van der Waals surface area contributed by atoms with Crippen molar-refractivity contribution in [2.75, 3.05) is 11.9 Å². The highest BCUT2D eigenvalue weighted by Crippen LogP contribution is 2.33. The van der Waals surface area contributed by atoms with Gasteiger partial charge in [0.2, 0.25) is 5.95 Å². The zero-order valence-electron chi connectivity index (χ0n) is 19.7. The first-order valence-corrected chi connectivity index (χ1v) is 11.8. The van der Waals surface area contributed by atoms with Crippen molar-refractivity contribution >= 4 is 28.0 Å². The van der Waals surface area contributed by atoms with Gasteiger partial charge in [-0.2, -0.15) is 4.98 Å². The van der Waals surface area contributed by atoms with E-state index in [0.717, 1.165) is 65.8 Å². The van der Waals surface area contributed by atoms with Crippen molar-refractivity contribution in [3.8, 4) is 11.1 Å². The fourth-order valence-corrected chi connectivity index (χ4v) is 5.08. The van der Waals surface area contributed by atoms with Crippen molar-refractivity contribution in [2.24, 2.45) is 0 Å². The van der Waals surface area contributed by atoms with E-state index in [1.54, 1.807) is 6.07 Å². The zero-order valence-corrected chi connectivity index (χ0v) is 19.7. The molecule has 1 fully saturated rings. The summed E-state index contributed by atoms with van der Waals surface area (Å²) in [5.41, 5.74) is 3.61. The zero-order chi connectivity index (χ0) is 23.1. The monoisotopic (exact) mass is 450 g/mol. The van der Waals surface area contributed by atoms with Crippen LogP contribution in [0.1, 0.15) is 58.3 Å². The molecule has 0 amide bonds. The maximum atomic E-state index is 15.0.